The van der Waals surface area contributed by atoms with Gasteiger partial charge in [0, 0.05) is 6.92 Å². The number of hydrogen-bond donors (Lipinski definition) is 0. The second kappa shape index (κ2) is 10.7. The van der Waals surface area contributed by atoms with Gasteiger partial charge in [-0.15, -0.1) is 6.58 Å². The van der Waals surface area contributed by atoms with Gasteiger partial charge in [0.1, 0.15) is 6.10 Å². The summed E-state index contributed by atoms with van der Waals surface area (Å²) in [7, 11) is -1.99. The van der Waals surface area contributed by atoms with E-state index >= 15 is 0 Å². The highest BCUT2D eigenvalue weighted by molar-refractivity contribution is 6.74. The van der Waals surface area contributed by atoms with E-state index in [9.17, 15) is 9.59 Å². The van der Waals surface area contributed by atoms with Crippen LogP contribution in [0.15, 0.2) is 25.3 Å². The maximum absolute atomic E-state index is 12.2. The molecule has 0 aliphatic carbocycles. The van der Waals surface area contributed by atoms with E-state index in [1.807, 2.05) is 6.92 Å². The predicted molar refractivity (Wildman–Crippen MR) is 107 cm³/mol. The van der Waals surface area contributed by atoms with Crippen molar-refractivity contribution in [1.29, 1.82) is 0 Å². The fraction of sp³-hybridized carbons (Fsp3) is 0.700. The number of carbonyl (C=O) groups excluding carboxylic acids is 2. The van der Waals surface area contributed by atoms with Gasteiger partial charge in [0.05, 0.1) is 18.6 Å². The molecule has 150 valence electrons. The largest absolute Gasteiger partial charge is 0.463 e. The van der Waals surface area contributed by atoms with Gasteiger partial charge in [-0.3, -0.25) is 9.59 Å². The van der Waals surface area contributed by atoms with Crippen LogP contribution >= 0.6 is 0 Å². The molecule has 0 aromatic rings. The van der Waals surface area contributed by atoms with Gasteiger partial charge < -0.3 is 13.9 Å². The van der Waals surface area contributed by atoms with Crippen LogP contribution in [-0.2, 0) is 23.5 Å². The maximum Gasteiger partial charge on any atom is 0.308 e. The average molecular weight is 385 g/mol. The maximum atomic E-state index is 12.2. The Kier molecular flexibility index (Phi) is 10.1. The zero-order chi connectivity index (χ0) is 20.5. The first-order chi connectivity index (χ1) is 11.8. The summed E-state index contributed by atoms with van der Waals surface area (Å²) in [6.45, 7) is 21.4. The molecule has 0 rings (SSSR count). The monoisotopic (exact) mass is 384 g/mol. The van der Waals surface area contributed by atoms with Crippen molar-refractivity contribution >= 4 is 20.3 Å². The summed E-state index contributed by atoms with van der Waals surface area (Å²) < 4.78 is 16.8. The number of esters is 2. The summed E-state index contributed by atoms with van der Waals surface area (Å²) in [5.41, 5.74) is 0. The fourth-order valence-corrected chi connectivity index (χ4v) is 3.35. The Hall–Kier alpha value is -1.40. The third kappa shape index (κ3) is 9.34. The summed E-state index contributed by atoms with van der Waals surface area (Å²) in [4.78, 5) is 23.2. The Labute approximate surface area is 159 Å². The van der Waals surface area contributed by atoms with Crippen LogP contribution in [0.1, 0.15) is 53.9 Å². The van der Waals surface area contributed by atoms with Gasteiger partial charge in [0.15, 0.2) is 8.32 Å². The van der Waals surface area contributed by atoms with Crippen LogP contribution in [0.5, 0.6) is 0 Å². The molecule has 0 saturated heterocycles. The minimum Gasteiger partial charge on any atom is -0.463 e. The van der Waals surface area contributed by atoms with Crippen molar-refractivity contribution in [2.24, 2.45) is 0 Å². The Morgan fingerprint density at radius 3 is 2.00 bits per heavy atom. The molecule has 0 bridgehead atoms. The van der Waals surface area contributed by atoms with Gasteiger partial charge in [-0.05, 0) is 37.9 Å². The zero-order valence-corrected chi connectivity index (χ0v) is 18.5. The number of hydrogen-bond acceptors (Lipinski definition) is 5. The van der Waals surface area contributed by atoms with Crippen molar-refractivity contribution < 1.29 is 23.5 Å². The third-order valence-corrected chi connectivity index (χ3v) is 9.16. The number of rotatable bonds is 11. The molecular formula is C20H36O5Si. The van der Waals surface area contributed by atoms with Gasteiger partial charge in [0.25, 0.3) is 0 Å². The van der Waals surface area contributed by atoms with Crippen LogP contribution in [0.3, 0.4) is 0 Å². The Morgan fingerprint density at radius 1 is 1.04 bits per heavy atom. The molecule has 1 unspecified atom stereocenters. The molecular weight excluding hydrogens is 348 g/mol. The zero-order valence-electron chi connectivity index (χ0n) is 17.5. The first kappa shape index (κ1) is 24.6. The first-order valence-corrected chi connectivity index (χ1v) is 12.0. The summed E-state index contributed by atoms with van der Waals surface area (Å²) >= 11 is 0. The molecule has 0 aliphatic rings. The van der Waals surface area contributed by atoms with Crippen LogP contribution in [-0.4, -0.2) is 38.6 Å². The topological polar surface area (TPSA) is 61.8 Å². The lowest BCUT2D eigenvalue weighted by Crippen LogP contribution is -2.44. The third-order valence-electron chi connectivity index (χ3n) is 4.65. The van der Waals surface area contributed by atoms with Gasteiger partial charge in [-0.1, -0.05) is 39.5 Å². The summed E-state index contributed by atoms with van der Waals surface area (Å²) in [6, 6.07) is 0. The van der Waals surface area contributed by atoms with E-state index in [4.69, 9.17) is 13.9 Å². The smallest absolute Gasteiger partial charge is 0.308 e. The van der Waals surface area contributed by atoms with E-state index in [0.29, 0.717) is 12.8 Å². The normalized spacial score (nSPS) is 15.5. The molecule has 26 heavy (non-hydrogen) atoms. The average Bonchev–Trinajstić information content (AvgIpc) is 2.48. The molecule has 0 aromatic heterocycles. The van der Waals surface area contributed by atoms with E-state index in [1.54, 1.807) is 12.2 Å². The highest BCUT2D eigenvalue weighted by Gasteiger charge is 2.39. The van der Waals surface area contributed by atoms with Gasteiger partial charge >= 0.3 is 11.9 Å². The summed E-state index contributed by atoms with van der Waals surface area (Å²) in [5.74, 6) is -0.667. The Bertz CT molecular complexity index is 493. The molecule has 5 nitrogen and oxygen atoms in total. The van der Waals surface area contributed by atoms with Gasteiger partial charge in [-0.25, -0.2) is 0 Å². The summed E-state index contributed by atoms with van der Waals surface area (Å²) in [5, 5.41) is 0.0574. The molecule has 6 heteroatoms. The molecule has 0 spiro atoms. The molecule has 0 aliphatic heterocycles. The fourth-order valence-electron chi connectivity index (χ4n) is 2.06. The molecule has 3 atom stereocenters. The van der Waals surface area contributed by atoms with E-state index in [2.05, 4.69) is 47.0 Å². The lowest BCUT2D eigenvalue weighted by atomic mass is 10.1. The van der Waals surface area contributed by atoms with Gasteiger partial charge in [0.2, 0.25) is 0 Å². The number of carbonyl (C=O) groups is 2. The van der Waals surface area contributed by atoms with Crippen LogP contribution in [0.4, 0.5) is 0 Å². The molecule has 0 fully saturated rings. The van der Waals surface area contributed by atoms with Crippen LogP contribution in [0.2, 0.25) is 18.1 Å². The van der Waals surface area contributed by atoms with Crippen molar-refractivity contribution in [3.8, 4) is 0 Å². The quantitative estimate of drug-likeness (QED) is 0.291. The molecule has 0 heterocycles. The lowest BCUT2D eigenvalue weighted by molar-refractivity contribution is -0.151. The lowest BCUT2D eigenvalue weighted by Gasteiger charge is -2.38. The van der Waals surface area contributed by atoms with Crippen molar-refractivity contribution in [1.82, 2.24) is 0 Å². The van der Waals surface area contributed by atoms with Crippen LogP contribution < -0.4 is 0 Å². The second-order valence-electron chi connectivity index (χ2n) is 8.12. The molecule has 0 amide bonds. The van der Waals surface area contributed by atoms with E-state index in [-0.39, 0.29) is 41.7 Å². The van der Waals surface area contributed by atoms with Crippen molar-refractivity contribution in [2.75, 3.05) is 0 Å². The molecule has 0 saturated carbocycles. The first-order valence-electron chi connectivity index (χ1n) is 9.12. The molecule has 0 radical (unpaired) electrons. The molecule has 0 N–H and O–H groups in total. The Balaban J connectivity index is 4.50. The van der Waals surface area contributed by atoms with Crippen molar-refractivity contribution in [2.45, 2.75) is 90.3 Å². The predicted octanol–water partition coefficient (Wildman–Crippen LogP) is 4.78. The minimum absolute atomic E-state index is 0.0574. The molecule has 0 aromatic carbocycles. The van der Waals surface area contributed by atoms with E-state index in [0.717, 1.165) is 0 Å². The second-order valence-corrected chi connectivity index (χ2v) is 12.9. The van der Waals surface area contributed by atoms with E-state index < -0.39 is 8.32 Å². The number of ether oxygens (including phenoxy) is 2. The van der Waals surface area contributed by atoms with Crippen molar-refractivity contribution in [3.05, 3.63) is 25.3 Å². The van der Waals surface area contributed by atoms with Crippen LogP contribution in [0, 0.1) is 0 Å². The highest BCUT2D eigenvalue weighted by atomic mass is 28.4. The van der Waals surface area contributed by atoms with E-state index in [1.165, 1.54) is 6.92 Å². The highest BCUT2D eigenvalue weighted by Crippen LogP contribution is 2.37. The Morgan fingerprint density at radius 2 is 1.58 bits per heavy atom. The summed E-state index contributed by atoms with van der Waals surface area (Å²) in [6.07, 6.45) is 3.54. The van der Waals surface area contributed by atoms with Crippen LogP contribution in [0.25, 0.3) is 0 Å². The van der Waals surface area contributed by atoms with Crippen molar-refractivity contribution in [3.63, 3.8) is 0 Å². The standard InChI is InChI=1S/C20H36O5Si/c1-10-17(24-16(4)21)13-12-15(3)23-19(22)14-18(11-2)25-26(8,9)20(5,6)7/h10-11,15,17-18H,1-2,12-14H2,3-9H3/t15-,17?,18-/m1/s1. The van der Waals surface area contributed by atoms with Gasteiger partial charge in [-0.2, -0.15) is 0 Å². The SMILES string of the molecule is C=CC(CC[C@@H](C)OC(=O)C[C@@H](C=C)O[Si](C)(C)C(C)(C)C)OC(C)=O. The minimum atomic E-state index is -1.99.